The average molecular weight is 219 g/mol. The molecule has 0 heterocycles. The first-order valence-corrected chi connectivity index (χ1v) is 5.00. The van der Waals surface area contributed by atoms with E-state index in [1.54, 1.807) is 27.7 Å². The molecule has 2 N–H and O–H groups in total. The first-order valence-electron chi connectivity index (χ1n) is 5.00. The van der Waals surface area contributed by atoms with Gasteiger partial charge in [0.25, 0.3) is 0 Å². The minimum Gasteiger partial charge on any atom is -0.458 e. The van der Waals surface area contributed by atoms with Crippen LogP contribution in [0.25, 0.3) is 0 Å². The summed E-state index contributed by atoms with van der Waals surface area (Å²) < 4.78 is 15.3. The number of rotatable bonds is 6. The van der Waals surface area contributed by atoms with Gasteiger partial charge in [0.1, 0.15) is 12.2 Å². The third kappa shape index (κ3) is 9.65. The maximum Gasteiger partial charge on any atom is 0.332 e. The molecule has 0 fully saturated rings. The summed E-state index contributed by atoms with van der Waals surface area (Å²) in [6, 6.07) is 0. The Morgan fingerprint density at radius 2 is 1.93 bits per heavy atom. The van der Waals surface area contributed by atoms with Gasteiger partial charge in [-0.05, 0) is 27.7 Å². The molecule has 0 saturated carbocycles. The van der Waals surface area contributed by atoms with Gasteiger partial charge in [-0.3, -0.25) is 0 Å². The van der Waals surface area contributed by atoms with E-state index in [4.69, 9.17) is 19.9 Å². The van der Waals surface area contributed by atoms with E-state index in [1.165, 1.54) is 0 Å². The Hall–Kier alpha value is -0.650. The van der Waals surface area contributed by atoms with E-state index in [0.29, 0.717) is 13.2 Å². The molecule has 0 aromatic carbocycles. The zero-order valence-electron chi connectivity index (χ0n) is 9.91. The van der Waals surface area contributed by atoms with Crippen molar-refractivity contribution in [3.05, 3.63) is 0 Å². The lowest BCUT2D eigenvalue weighted by atomic mass is 10.2. The third-order valence-electron chi connectivity index (χ3n) is 1.33. The summed E-state index contributed by atoms with van der Waals surface area (Å²) in [6.07, 6.45) is -0.443. The van der Waals surface area contributed by atoms with E-state index >= 15 is 0 Å². The first kappa shape index (κ1) is 14.3. The smallest absolute Gasteiger partial charge is 0.332 e. The summed E-state index contributed by atoms with van der Waals surface area (Å²) >= 11 is 0. The molecule has 5 heteroatoms. The Morgan fingerprint density at radius 1 is 1.33 bits per heavy atom. The second kappa shape index (κ2) is 6.76. The van der Waals surface area contributed by atoms with Crippen molar-refractivity contribution < 1.29 is 19.0 Å². The first-order chi connectivity index (χ1) is 6.85. The van der Waals surface area contributed by atoms with Gasteiger partial charge in [0, 0.05) is 6.54 Å². The lowest BCUT2D eigenvalue weighted by Crippen LogP contribution is -2.28. The summed E-state index contributed by atoms with van der Waals surface area (Å²) in [4.78, 5) is 11.2. The Labute approximate surface area is 90.9 Å². The van der Waals surface area contributed by atoms with E-state index in [0.717, 1.165) is 0 Å². The topological polar surface area (TPSA) is 70.8 Å². The highest BCUT2D eigenvalue weighted by molar-refractivity contribution is 5.71. The third-order valence-corrected chi connectivity index (χ3v) is 1.33. The Morgan fingerprint density at radius 3 is 2.40 bits per heavy atom. The normalized spacial score (nSPS) is 13.7. The number of ether oxygens (including phenoxy) is 3. The molecule has 0 radical (unpaired) electrons. The van der Waals surface area contributed by atoms with E-state index in [2.05, 4.69) is 0 Å². The average Bonchev–Trinajstić information content (AvgIpc) is 2.08. The van der Waals surface area contributed by atoms with Crippen molar-refractivity contribution in [2.45, 2.75) is 39.6 Å². The highest BCUT2D eigenvalue weighted by Crippen LogP contribution is 2.07. The fourth-order valence-corrected chi connectivity index (χ4v) is 0.838. The van der Waals surface area contributed by atoms with Crippen LogP contribution < -0.4 is 5.73 Å². The summed E-state index contributed by atoms with van der Waals surface area (Å²) in [6.45, 7) is 7.86. The molecule has 1 atom stereocenters. The van der Waals surface area contributed by atoms with Crippen LogP contribution in [-0.2, 0) is 19.0 Å². The highest BCUT2D eigenvalue weighted by atomic mass is 16.7. The predicted octanol–water partition coefficient (Wildman–Crippen LogP) is 0.666. The van der Waals surface area contributed by atoms with Crippen LogP contribution in [0.5, 0.6) is 0 Å². The molecular formula is C10H21NO4. The van der Waals surface area contributed by atoms with Gasteiger partial charge >= 0.3 is 5.97 Å². The molecule has 0 amide bonds. The molecular weight excluding hydrogens is 198 g/mol. The van der Waals surface area contributed by atoms with Crippen LogP contribution in [-0.4, -0.2) is 37.6 Å². The summed E-state index contributed by atoms with van der Waals surface area (Å²) in [7, 11) is 0. The molecule has 0 aliphatic rings. The molecule has 90 valence electrons. The molecule has 0 aromatic rings. The van der Waals surface area contributed by atoms with E-state index in [9.17, 15) is 4.79 Å². The Bertz CT molecular complexity index is 188. The van der Waals surface area contributed by atoms with Crippen molar-refractivity contribution in [3.63, 3.8) is 0 Å². The van der Waals surface area contributed by atoms with Crippen molar-refractivity contribution in [2.24, 2.45) is 5.73 Å². The largest absolute Gasteiger partial charge is 0.458 e. The fraction of sp³-hybridized carbons (Fsp3) is 0.900. The molecule has 0 rings (SSSR count). The Kier molecular flexibility index (Phi) is 6.47. The van der Waals surface area contributed by atoms with Crippen LogP contribution in [0.4, 0.5) is 0 Å². The molecule has 0 saturated heterocycles. The van der Waals surface area contributed by atoms with Crippen LogP contribution in [0.2, 0.25) is 0 Å². The highest BCUT2D eigenvalue weighted by Gasteiger charge is 2.17. The zero-order valence-corrected chi connectivity index (χ0v) is 9.91. The molecule has 15 heavy (non-hydrogen) atoms. The van der Waals surface area contributed by atoms with Gasteiger partial charge in [-0.2, -0.15) is 0 Å². The number of carbonyl (C=O) groups is 1. The second-order valence-corrected chi connectivity index (χ2v) is 4.12. The SMILES string of the molecule is CC(OCCN)OCC(=O)OC(C)(C)C. The number of esters is 1. The van der Waals surface area contributed by atoms with Crippen molar-refractivity contribution >= 4 is 5.97 Å². The van der Waals surface area contributed by atoms with Gasteiger partial charge < -0.3 is 19.9 Å². The quantitative estimate of drug-likeness (QED) is 0.525. The maximum absolute atomic E-state index is 11.2. The monoisotopic (exact) mass is 219 g/mol. The van der Waals surface area contributed by atoms with E-state index in [-0.39, 0.29) is 6.61 Å². The van der Waals surface area contributed by atoms with E-state index < -0.39 is 17.9 Å². The Balaban J connectivity index is 3.62. The van der Waals surface area contributed by atoms with Crippen LogP contribution in [0.1, 0.15) is 27.7 Å². The molecule has 0 bridgehead atoms. The maximum atomic E-state index is 11.2. The minimum absolute atomic E-state index is 0.108. The summed E-state index contributed by atoms with van der Waals surface area (Å²) in [5.74, 6) is -0.398. The molecule has 0 aliphatic carbocycles. The van der Waals surface area contributed by atoms with Gasteiger partial charge in [-0.15, -0.1) is 0 Å². The number of nitrogens with two attached hydrogens (primary N) is 1. The lowest BCUT2D eigenvalue weighted by Gasteiger charge is -2.20. The van der Waals surface area contributed by atoms with Crippen molar-refractivity contribution in [1.29, 1.82) is 0 Å². The second-order valence-electron chi connectivity index (χ2n) is 4.12. The lowest BCUT2D eigenvalue weighted by molar-refractivity contribution is -0.176. The van der Waals surface area contributed by atoms with Gasteiger partial charge in [-0.1, -0.05) is 0 Å². The number of hydrogen-bond acceptors (Lipinski definition) is 5. The van der Waals surface area contributed by atoms with Crippen LogP contribution >= 0.6 is 0 Å². The van der Waals surface area contributed by atoms with Gasteiger partial charge in [-0.25, -0.2) is 4.79 Å². The minimum atomic E-state index is -0.484. The van der Waals surface area contributed by atoms with Crippen LogP contribution in [0.3, 0.4) is 0 Å². The van der Waals surface area contributed by atoms with Gasteiger partial charge in [0.2, 0.25) is 0 Å². The van der Waals surface area contributed by atoms with Crippen LogP contribution in [0.15, 0.2) is 0 Å². The predicted molar refractivity (Wildman–Crippen MR) is 56.3 cm³/mol. The van der Waals surface area contributed by atoms with Crippen molar-refractivity contribution in [3.8, 4) is 0 Å². The number of hydrogen-bond donors (Lipinski definition) is 1. The summed E-state index contributed by atoms with van der Waals surface area (Å²) in [5.41, 5.74) is 4.76. The molecule has 0 aliphatic heterocycles. The van der Waals surface area contributed by atoms with Crippen molar-refractivity contribution in [1.82, 2.24) is 0 Å². The van der Waals surface area contributed by atoms with Crippen molar-refractivity contribution in [2.75, 3.05) is 19.8 Å². The molecule has 1 unspecified atom stereocenters. The fourth-order valence-electron chi connectivity index (χ4n) is 0.838. The van der Waals surface area contributed by atoms with E-state index in [1.807, 2.05) is 0 Å². The molecule has 5 nitrogen and oxygen atoms in total. The van der Waals surface area contributed by atoms with Gasteiger partial charge in [0.15, 0.2) is 6.29 Å². The standard InChI is InChI=1S/C10H21NO4/c1-8(13-6-5-11)14-7-9(12)15-10(2,3)4/h8H,5-7,11H2,1-4H3. The molecule has 0 spiro atoms. The zero-order chi connectivity index (χ0) is 11.9. The van der Waals surface area contributed by atoms with Crippen LogP contribution in [0, 0.1) is 0 Å². The summed E-state index contributed by atoms with van der Waals surface area (Å²) in [5, 5.41) is 0. The number of carbonyl (C=O) groups excluding carboxylic acids is 1. The molecule has 0 aromatic heterocycles. The van der Waals surface area contributed by atoms with Gasteiger partial charge in [0.05, 0.1) is 6.61 Å².